The number of carbonyl (C=O) groups is 2. The Morgan fingerprint density at radius 3 is 2.07 bits per heavy atom. The third kappa shape index (κ3) is 5.12. The van der Waals surface area contributed by atoms with Crippen LogP contribution in [0.4, 0.5) is 13.2 Å². The zero-order valence-electron chi connectivity index (χ0n) is 15.2. The van der Waals surface area contributed by atoms with Crippen molar-refractivity contribution in [3.63, 3.8) is 0 Å². The maximum atomic E-state index is 12.7. The predicted octanol–water partition coefficient (Wildman–Crippen LogP) is 3.88. The van der Waals surface area contributed by atoms with Gasteiger partial charge in [0.05, 0.1) is 0 Å². The summed E-state index contributed by atoms with van der Waals surface area (Å²) in [7, 11) is 0. The average Bonchev–Trinajstić information content (AvgIpc) is 2.72. The standard InChI is InChI=1S/C21H21F3N2O2/c22-21(23,24)14-25-19(27)17-10-12-26(13-11-17)20(28)18-8-6-16(7-9-18)15-4-2-1-3-5-15/h1-9,17H,10-14H2,(H,25,27). The fourth-order valence-electron chi connectivity index (χ4n) is 3.29. The molecule has 0 radical (unpaired) electrons. The lowest BCUT2D eigenvalue weighted by Gasteiger charge is -2.31. The van der Waals surface area contributed by atoms with Gasteiger partial charge in [-0.05, 0) is 36.1 Å². The summed E-state index contributed by atoms with van der Waals surface area (Å²) in [5.41, 5.74) is 2.63. The summed E-state index contributed by atoms with van der Waals surface area (Å²) in [5.74, 6) is -1.22. The van der Waals surface area contributed by atoms with Gasteiger partial charge in [0.1, 0.15) is 6.54 Å². The minimum absolute atomic E-state index is 0.131. The van der Waals surface area contributed by atoms with Crippen LogP contribution in [-0.2, 0) is 4.79 Å². The normalized spacial score (nSPS) is 15.3. The highest BCUT2D eigenvalue weighted by molar-refractivity contribution is 5.95. The second-order valence-electron chi connectivity index (χ2n) is 6.84. The highest BCUT2D eigenvalue weighted by Gasteiger charge is 2.32. The summed E-state index contributed by atoms with van der Waals surface area (Å²) in [4.78, 5) is 26.2. The molecule has 0 aliphatic carbocycles. The van der Waals surface area contributed by atoms with Crippen molar-refractivity contribution < 1.29 is 22.8 Å². The van der Waals surface area contributed by atoms with Crippen LogP contribution in [0, 0.1) is 5.92 Å². The number of nitrogens with one attached hydrogen (secondary N) is 1. The van der Waals surface area contributed by atoms with Gasteiger partial charge in [0.15, 0.2) is 0 Å². The molecular weight excluding hydrogens is 369 g/mol. The Morgan fingerprint density at radius 1 is 0.929 bits per heavy atom. The number of halogens is 3. The minimum atomic E-state index is -4.42. The van der Waals surface area contributed by atoms with Crippen LogP contribution < -0.4 is 5.32 Å². The van der Waals surface area contributed by atoms with Gasteiger partial charge in [0.2, 0.25) is 5.91 Å². The van der Waals surface area contributed by atoms with Gasteiger partial charge in [-0.1, -0.05) is 42.5 Å². The second-order valence-corrected chi connectivity index (χ2v) is 6.84. The number of likely N-dealkylation sites (tertiary alicyclic amines) is 1. The van der Waals surface area contributed by atoms with Crippen LogP contribution in [0.3, 0.4) is 0 Å². The van der Waals surface area contributed by atoms with Gasteiger partial charge < -0.3 is 10.2 Å². The fourth-order valence-corrected chi connectivity index (χ4v) is 3.29. The quantitative estimate of drug-likeness (QED) is 0.861. The maximum Gasteiger partial charge on any atom is 0.405 e. The first kappa shape index (κ1) is 19.9. The first-order chi connectivity index (χ1) is 13.3. The third-order valence-corrected chi connectivity index (χ3v) is 4.85. The lowest BCUT2D eigenvalue weighted by atomic mass is 9.95. The summed E-state index contributed by atoms with van der Waals surface area (Å²) in [6.45, 7) is -0.620. The molecule has 3 rings (SSSR count). The molecule has 28 heavy (non-hydrogen) atoms. The molecule has 7 heteroatoms. The number of rotatable bonds is 4. The van der Waals surface area contributed by atoms with E-state index in [-0.39, 0.29) is 5.91 Å². The van der Waals surface area contributed by atoms with Crippen LogP contribution >= 0.6 is 0 Å². The van der Waals surface area contributed by atoms with E-state index in [9.17, 15) is 22.8 Å². The Bertz CT molecular complexity index is 812. The smallest absolute Gasteiger partial charge is 0.347 e. The first-order valence-corrected chi connectivity index (χ1v) is 9.13. The molecule has 0 saturated carbocycles. The fraction of sp³-hybridized carbons (Fsp3) is 0.333. The van der Waals surface area contributed by atoms with Gasteiger partial charge in [-0.3, -0.25) is 9.59 Å². The number of carbonyl (C=O) groups excluding carboxylic acids is 2. The lowest BCUT2D eigenvalue weighted by Crippen LogP contribution is -2.44. The number of hydrogen-bond acceptors (Lipinski definition) is 2. The lowest BCUT2D eigenvalue weighted by molar-refractivity contribution is -0.141. The summed E-state index contributed by atoms with van der Waals surface area (Å²) < 4.78 is 36.6. The number of amides is 2. The van der Waals surface area contributed by atoms with Crippen LogP contribution in [0.5, 0.6) is 0 Å². The van der Waals surface area contributed by atoms with Crippen molar-refractivity contribution >= 4 is 11.8 Å². The van der Waals surface area contributed by atoms with E-state index in [1.807, 2.05) is 47.8 Å². The topological polar surface area (TPSA) is 49.4 Å². The molecule has 1 N–H and O–H groups in total. The molecule has 148 valence electrons. The molecule has 1 aliphatic rings. The van der Waals surface area contributed by atoms with E-state index < -0.39 is 24.5 Å². The predicted molar refractivity (Wildman–Crippen MR) is 99.6 cm³/mol. The summed E-state index contributed by atoms with van der Waals surface area (Å²) in [6.07, 6.45) is -3.70. The number of piperidine rings is 1. The largest absolute Gasteiger partial charge is 0.405 e. The summed E-state index contributed by atoms with van der Waals surface area (Å²) in [6, 6.07) is 17.1. The highest BCUT2D eigenvalue weighted by atomic mass is 19.4. The summed E-state index contributed by atoms with van der Waals surface area (Å²) in [5, 5.41) is 1.92. The molecule has 4 nitrogen and oxygen atoms in total. The molecule has 0 spiro atoms. The molecule has 1 saturated heterocycles. The Kier molecular flexibility index (Phi) is 6.02. The van der Waals surface area contributed by atoms with Gasteiger partial charge in [-0.2, -0.15) is 13.2 Å². The molecule has 0 unspecified atom stereocenters. The second kappa shape index (κ2) is 8.46. The molecule has 0 aromatic heterocycles. The van der Waals surface area contributed by atoms with Crippen molar-refractivity contribution in [1.82, 2.24) is 10.2 Å². The molecule has 2 amide bonds. The minimum Gasteiger partial charge on any atom is -0.347 e. The monoisotopic (exact) mass is 390 g/mol. The van der Waals surface area contributed by atoms with Crippen LogP contribution in [0.25, 0.3) is 11.1 Å². The van der Waals surface area contributed by atoms with E-state index in [0.29, 0.717) is 31.5 Å². The molecule has 1 aliphatic heterocycles. The molecule has 0 atom stereocenters. The van der Waals surface area contributed by atoms with E-state index in [1.165, 1.54) is 0 Å². The van der Waals surface area contributed by atoms with Gasteiger partial charge in [0.25, 0.3) is 5.91 Å². The zero-order chi connectivity index (χ0) is 20.1. The van der Waals surface area contributed by atoms with Gasteiger partial charge >= 0.3 is 6.18 Å². The van der Waals surface area contributed by atoms with E-state index in [1.54, 1.807) is 17.0 Å². The molecule has 2 aromatic rings. The Balaban J connectivity index is 1.54. The molecule has 1 fully saturated rings. The van der Waals surface area contributed by atoms with E-state index in [0.717, 1.165) is 11.1 Å². The van der Waals surface area contributed by atoms with Crippen molar-refractivity contribution in [2.75, 3.05) is 19.6 Å². The average molecular weight is 390 g/mol. The number of alkyl halides is 3. The van der Waals surface area contributed by atoms with Crippen molar-refractivity contribution in [3.05, 3.63) is 60.2 Å². The maximum absolute atomic E-state index is 12.7. The molecule has 0 bridgehead atoms. The van der Waals surface area contributed by atoms with Crippen LogP contribution in [0.15, 0.2) is 54.6 Å². The summed E-state index contributed by atoms with van der Waals surface area (Å²) >= 11 is 0. The van der Waals surface area contributed by atoms with E-state index >= 15 is 0 Å². The molecule has 2 aromatic carbocycles. The number of hydrogen-bond donors (Lipinski definition) is 1. The SMILES string of the molecule is O=C(NCC(F)(F)F)C1CCN(C(=O)c2ccc(-c3ccccc3)cc2)CC1. The highest BCUT2D eigenvalue weighted by Crippen LogP contribution is 2.23. The van der Waals surface area contributed by atoms with Crippen LogP contribution in [0.2, 0.25) is 0 Å². The Labute approximate surface area is 161 Å². The van der Waals surface area contributed by atoms with Crippen LogP contribution in [0.1, 0.15) is 23.2 Å². The van der Waals surface area contributed by atoms with Gasteiger partial charge in [-0.25, -0.2) is 0 Å². The Hall–Kier alpha value is -2.83. The zero-order valence-corrected chi connectivity index (χ0v) is 15.2. The van der Waals surface area contributed by atoms with Gasteiger partial charge in [0, 0.05) is 24.6 Å². The van der Waals surface area contributed by atoms with E-state index in [2.05, 4.69) is 0 Å². The number of benzene rings is 2. The third-order valence-electron chi connectivity index (χ3n) is 4.85. The van der Waals surface area contributed by atoms with Crippen molar-refractivity contribution in [1.29, 1.82) is 0 Å². The molecular formula is C21H21F3N2O2. The molecule has 1 heterocycles. The van der Waals surface area contributed by atoms with Crippen molar-refractivity contribution in [2.24, 2.45) is 5.92 Å². The first-order valence-electron chi connectivity index (χ1n) is 9.13. The van der Waals surface area contributed by atoms with Crippen LogP contribution in [-0.4, -0.2) is 42.5 Å². The number of nitrogens with zero attached hydrogens (tertiary/aromatic N) is 1. The van der Waals surface area contributed by atoms with Crippen molar-refractivity contribution in [3.8, 4) is 11.1 Å². The van der Waals surface area contributed by atoms with E-state index in [4.69, 9.17) is 0 Å². The Morgan fingerprint density at radius 2 is 1.50 bits per heavy atom. The van der Waals surface area contributed by atoms with Crippen molar-refractivity contribution in [2.45, 2.75) is 19.0 Å². The van der Waals surface area contributed by atoms with Gasteiger partial charge in [-0.15, -0.1) is 0 Å².